The first-order chi connectivity index (χ1) is 6.06. The molecule has 0 atom stereocenters. The fourth-order valence-electron chi connectivity index (χ4n) is 0.590. The molecule has 2 N–H and O–H groups in total. The molecule has 0 aliphatic carbocycles. The van der Waals surface area contributed by atoms with Gasteiger partial charge in [0.05, 0.1) is 6.61 Å². The standard InChI is InChI=1S/C7H7BrO.C2H4O2/c8-7-3-1-6(5-9)2-4-7;1-2(3)4/h1-4,9H,5H2;1H3,(H,3,4). The second-order valence-corrected chi connectivity index (χ2v) is 3.22. The Morgan fingerprint density at radius 1 is 1.38 bits per heavy atom. The van der Waals surface area contributed by atoms with E-state index >= 15 is 0 Å². The fraction of sp³-hybridized carbons (Fsp3) is 0.222. The highest BCUT2D eigenvalue weighted by atomic mass is 79.9. The van der Waals surface area contributed by atoms with Gasteiger partial charge in [0.15, 0.2) is 0 Å². The van der Waals surface area contributed by atoms with E-state index in [9.17, 15) is 0 Å². The molecule has 0 saturated heterocycles. The molecule has 0 fully saturated rings. The van der Waals surface area contributed by atoms with Gasteiger partial charge >= 0.3 is 0 Å². The normalized spacial score (nSPS) is 8.54. The fourth-order valence-corrected chi connectivity index (χ4v) is 0.854. The Hall–Kier alpha value is -0.870. The predicted molar refractivity (Wildman–Crippen MR) is 53.4 cm³/mol. The van der Waals surface area contributed by atoms with Gasteiger partial charge in [-0.25, -0.2) is 0 Å². The second-order valence-electron chi connectivity index (χ2n) is 2.30. The molecule has 0 aliphatic rings. The quantitative estimate of drug-likeness (QED) is 0.798. The molecule has 72 valence electrons. The summed E-state index contributed by atoms with van der Waals surface area (Å²) in [6.07, 6.45) is 0. The van der Waals surface area contributed by atoms with Crippen LogP contribution >= 0.6 is 15.9 Å². The Balaban J connectivity index is 0.000000310. The summed E-state index contributed by atoms with van der Waals surface area (Å²) in [5, 5.41) is 16.0. The molecule has 13 heavy (non-hydrogen) atoms. The second kappa shape index (κ2) is 6.62. The minimum absolute atomic E-state index is 0.118. The average Bonchev–Trinajstić information content (AvgIpc) is 2.05. The number of aliphatic hydroxyl groups is 1. The van der Waals surface area contributed by atoms with E-state index in [0.717, 1.165) is 17.0 Å². The zero-order valence-electron chi connectivity index (χ0n) is 7.20. The number of carboxylic acid groups (broad SMARTS) is 1. The van der Waals surface area contributed by atoms with Crippen LogP contribution in [0.3, 0.4) is 0 Å². The van der Waals surface area contributed by atoms with Crippen molar-refractivity contribution in [2.45, 2.75) is 13.5 Å². The molecule has 0 heterocycles. The average molecular weight is 247 g/mol. The van der Waals surface area contributed by atoms with Crippen molar-refractivity contribution in [2.24, 2.45) is 0 Å². The van der Waals surface area contributed by atoms with Crippen LogP contribution in [0.25, 0.3) is 0 Å². The lowest BCUT2D eigenvalue weighted by Gasteiger charge is -1.92. The molecule has 0 spiro atoms. The topological polar surface area (TPSA) is 57.5 Å². The van der Waals surface area contributed by atoms with Crippen molar-refractivity contribution in [3.63, 3.8) is 0 Å². The largest absolute Gasteiger partial charge is 0.481 e. The maximum Gasteiger partial charge on any atom is 0.300 e. The van der Waals surface area contributed by atoms with Crippen molar-refractivity contribution in [1.82, 2.24) is 0 Å². The lowest BCUT2D eigenvalue weighted by Crippen LogP contribution is -1.79. The number of aliphatic hydroxyl groups excluding tert-OH is 1. The number of hydrogen-bond donors (Lipinski definition) is 2. The van der Waals surface area contributed by atoms with Gasteiger partial charge in [-0.15, -0.1) is 0 Å². The molecule has 1 rings (SSSR count). The number of rotatable bonds is 1. The molecule has 4 heteroatoms. The Bertz CT molecular complexity index is 252. The summed E-state index contributed by atoms with van der Waals surface area (Å²) in [6.45, 7) is 1.20. The number of benzene rings is 1. The molecular formula is C9H11BrO3. The zero-order chi connectivity index (χ0) is 10.3. The predicted octanol–water partition coefficient (Wildman–Crippen LogP) is 2.03. The number of carboxylic acids is 1. The van der Waals surface area contributed by atoms with Crippen molar-refractivity contribution >= 4 is 21.9 Å². The van der Waals surface area contributed by atoms with Crippen LogP contribution in [0, 0.1) is 0 Å². The van der Waals surface area contributed by atoms with Crippen LogP contribution in [0.1, 0.15) is 12.5 Å². The first-order valence-corrected chi connectivity index (χ1v) is 4.40. The highest BCUT2D eigenvalue weighted by Gasteiger charge is 1.86. The van der Waals surface area contributed by atoms with Gasteiger partial charge in [0.2, 0.25) is 0 Å². The molecule has 0 unspecified atom stereocenters. The van der Waals surface area contributed by atoms with E-state index in [-0.39, 0.29) is 6.61 Å². The van der Waals surface area contributed by atoms with E-state index in [1.165, 1.54) is 0 Å². The van der Waals surface area contributed by atoms with Crippen LogP contribution in [0.2, 0.25) is 0 Å². The van der Waals surface area contributed by atoms with Gasteiger partial charge in [-0.05, 0) is 17.7 Å². The Labute approximate surface area is 85.1 Å². The summed E-state index contributed by atoms with van der Waals surface area (Å²) in [4.78, 5) is 9.00. The van der Waals surface area contributed by atoms with E-state index in [1.54, 1.807) is 0 Å². The van der Waals surface area contributed by atoms with E-state index < -0.39 is 5.97 Å². The van der Waals surface area contributed by atoms with Gasteiger partial charge < -0.3 is 10.2 Å². The smallest absolute Gasteiger partial charge is 0.300 e. The summed E-state index contributed by atoms with van der Waals surface area (Å²) in [5.74, 6) is -0.833. The SMILES string of the molecule is CC(=O)O.OCc1ccc(Br)cc1. The highest BCUT2D eigenvalue weighted by Crippen LogP contribution is 2.09. The highest BCUT2D eigenvalue weighted by molar-refractivity contribution is 9.10. The molecule has 1 aromatic rings. The van der Waals surface area contributed by atoms with Gasteiger partial charge in [-0.1, -0.05) is 28.1 Å². The van der Waals surface area contributed by atoms with E-state index in [2.05, 4.69) is 15.9 Å². The van der Waals surface area contributed by atoms with Crippen LogP contribution in [-0.2, 0) is 11.4 Å². The molecule has 0 amide bonds. The zero-order valence-corrected chi connectivity index (χ0v) is 8.78. The first kappa shape index (κ1) is 12.1. The van der Waals surface area contributed by atoms with Gasteiger partial charge in [-0.2, -0.15) is 0 Å². The number of halogens is 1. The maximum atomic E-state index is 9.00. The van der Waals surface area contributed by atoms with Gasteiger partial charge in [0, 0.05) is 11.4 Å². The van der Waals surface area contributed by atoms with Crippen LogP contribution < -0.4 is 0 Å². The lowest BCUT2D eigenvalue weighted by molar-refractivity contribution is -0.134. The van der Waals surface area contributed by atoms with Gasteiger partial charge in [0.1, 0.15) is 0 Å². The van der Waals surface area contributed by atoms with Crippen molar-refractivity contribution in [2.75, 3.05) is 0 Å². The van der Waals surface area contributed by atoms with Gasteiger partial charge in [-0.3, -0.25) is 4.79 Å². The first-order valence-electron chi connectivity index (χ1n) is 3.61. The Kier molecular flexibility index (Phi) is 6.18. The third-order valence-corrected chi connectivity index (χ3v) is 1.62. The van der Waals surface area contributed by atoms with E-state index in [1.807, 2.05) is 24.3 Å². The number of hydrogen-bond acceptors (Lipinski definition) is 2. The minimum Gasteiger partial charge on any atom is -0.481 e. The molecule has 3 nitrogen and oxygen atoms in total. The van der Waals surface area contributed by atoms with Crippen LogP contribution in [-0.4, -0.2) is 16.2 Å². The summed E-state index contributed by atoms with van der Waals surface area (Å²) in [5.41, 5.74) is 0.943. The monoisotopic (exact) mass is 246 g/mol. The Morgan fingerprint density at radius 3 is 2.08 bits per heavy atom. The number of aliphatic carboxylic acids is 1. The minimum atomic E-state index is -0.833. The van der Waals surface area contributed by atoms with Crippen molar-refractivity contribution in [3.8, 4) is 0 Å². The van der Waals surface area contributed by atoms with Crippen LogP contribution in [0.5, 0.6) is 0 Å². The summed E-state index contributed by atoms with van der Waals surface area (Å²) in [7, 11) is 0. The van der Waals surface area contributed by atoms with Crippen molar-refractivity contribution < 1.29 is 15.0 Å². The van der Waals surface area contributed by atoms with Crippen LogP contribution in [0.4, 0.5) is 0 Å². The van der Waals surface area contributed by atoms with E-state index in [4.69, 9.17) is 15.0 Å². The van der Waals surface area contributed by atoms with Crippen LogP contribution in [0.15, 0.2) is 28.7 Å². The molecule has 0 aliphatic heterocycles. The number of carbonyl (C=O) groups is 1. The van der Waals surface area contributed by atoms with Crippen molar-refractivity contribution in [1.29, 1.82) is 0 Å². The molecular weight excluding hydrogens is 236 g/mol. The summed E-state index contributed by atoms with van der Waals surface area (Å²) in [6, 6.07) is 7.57. The molecule has 0 bridgehead atoms. The molecule has 0 radical (unpaired) electrons. The Morgan fingerprint density at radius 2 is 1.77 bits per heavy atom. The lowest BCUT2D eigenvalue weighted by atomic mass is 10.2. The molecule has 0 aromatic heterocycles. The summed E-state index contributed by atoms with van der Waals surface area (Å²) >= 11 is 3.29. The molecule has 1 aromatic carbocycles. The summed E-state index contributed by atoms with van der Waals surface area (Å²) < 4.78 is 1.04. The molecule has 0 saturated carbocycles. The van der Waals surface area contributed by atoms with Gasteiger partial charge in [0.25, 0.3) is 5.97 Å². The van der Waals surface area contributed by atoms with E-state index in [0.29, 0.717) is 0 Å². The maximum absolute atomic E-state index is 9.00. The third kappa shape index (κ3) is 7.49. The third-order valence-electron chi connectivity index (χ3n) is 1.10. The van der Waals surface area contributed by atoms with Crippen molar-refractivity contribution in [3.05, 3.63) is 34.3 Å².